The van der Waals surface area contributed by atoms with Crippen LogP contribution in [-0.4, -0.2) is 53.8 Å². The first-order valence-electron chi connectivity index (χ1n) is 13.0. The Balaban J connectivity index is 1.37. The van der Waals surface area contributed by atoms with Crippen LogP contribution in [0, 0.1) is 0 Å². The Kier molecular flexibility index (Phi) is 10.5. The molecular formula is C30H36Cl2N2O3S. The maximum Gasteiger partial charge on any atom is 0.120 e. The lowest BCUT2D eigenvalue weighted by atomic mass is 9.88. The predicted molar refractivity (Wildman–Crippen MR) is 157 cm³/mol. The molecule has 8 heteroatoms. The normalized spacial score (nSPS) is 16.3. The van der Waals surface area contributed by atoms with Gasteiger partial charge in [-0.1, -0.05) is 53.5 Å². The molecular weight excluding hydrogens is 539 g/mol. The minimum atomic E-state index is -1.05. The number of rotatable bonds is 11. The van der Waals surface area contributed by atoms with Gasteiger partial charge in [-0.25, -0.2) is 0 Å². The van der Waals surface area contributed by atoms with Crippen molar-refractivity contribution in [2.24, 2.45) is 0 Å². The van der Waals surface area contributed by atoms with E-state index in [9.17, 15) is 9.32 Å². The second kappa shape index (κ2) is 13.8. The highest BCUT2D eigenvalue weighted by atomic mass is 35.5. The van der Waals surface area contributed by atoms with Gasteiger partial charge in [0.2, 0.25) is 0 Å². The van der Waals surface area contributed by atoms with Gasteiger partial charge in [-0.2, -0.15) is 0 Å². The molecule has 4 rings (SSSR count). The predicted octanol–water partition coefficient (Wildman–Crippen LogP) is 6.59. The largest absolute Gasteiger partial charge is 0.508 e. The summed E-state index contributed by atoms with van der Waals surface area (Å²) in [4.78, 5) is 3.41. The number of halogens is 2. The minimum Gasteiger partial charge on any atom is -0.508 e. The summed E-state index contributed by atoms with van der Waals surface area (Å²) in [5, 5.41) is 14.8. The fraction of sp³-hybridized carbons (Fsp3) is 0.400. The van der Waals surface area contributed by atoms with E-state index in [1.165, 1.54) is 5.56 Å². The number of hydrogen-bond donors (Lipinski definition) is 2. The zero-order valence-corrected chi connectivity index (χ0v) is 24.3. The van der Waals surface area contributed by atoms with Gasteiger partial charge in [0, 0.05) is 29.8 Å². The quantitative estimate of drug-likeness (QED) is 0.270. The number of ether oxygens (including phenoxy) is 1. The Hall–Kier alpha value is -2.09. The maximum absolute atomic E-state index is 12.4. The second-order valence-corrected chi connectivity index (χ2v) is 12.1. The van der Waals surface area contributed by atoms with Gasteiger partial charge in [-0.3, -0.25) is 4.21 Å². The van der Waals surface area contributed by atoms with E-state index in [-0.39, 0.29) is 5.92 Å². The molecule has 0 radical (unpaired) electrons. The molecule has 5 nitrogen and oxygen atoms in total. The number of likely N-dealkylation sites (tertiary alicyclic amines) is 1. The Morgan fingerprint density at radius 2 is 1.84 bits per heavy atom. The SMILES string of the molecule is COc1ccc(C2CCN(CC[C@H](CNCc3ccccc3O)c3ccc(Cl)c(Cl)c3)CC2)c([S@](C)=O)c1. The molecule has 0 spiro atoms. The molecule has 0 bridgehead atoms. The molecule has 0 aliphatic carbocycles. The first-order chi connectivity index (χ1) is 18.4. The van der Waals surface area contributed by atoms with Crippen molar-refractivity contribution in [1.82, 2.24) is 10.2 Å². The highest BCUT2D eigenvalue weighted by molar-refractivity contribution is 7.84. The summed E-state index contributed by atoms with van der Waals surface area (Å²) in [7, 11) is 0.588. The number of phenolic OH excluding ortho intramolecular Hbond substituents is 1. The number of para-hydroxylation sites is 1. The molecule has 3 aromatic carbocycles. The first kappa shape index (κ1) is 28.9. The van der Waals surface area contributed by atoms with Crippen molar-refractivity contribution < 1.29 is 14.1 Å². The Bertz CT molecular complexity index is 1250. The summed E-state index contributed by atoms with van der Waals surface area (Å²) in [6.07, 6.45) is 4.80. The Morgan fingerprint density at radius 1 is 1.08 bits per heavy atom. The summed E-state index contributed by atoms with van der Waals surface area (Å²) in [6.45, 7) is 4.35. The summed E-state index contributed by atoms with van der Waals surface area (Å²) in [6, 6.07) is 19.3. The standard InChI is InChI=1S/C30H36Cl2N2O3S/c1-37-25-8-9-26(30(18-25)38(2)36)21-11-14-34(15-12-21)16-13-23(22-7-10-27(31)28(32)17-22)19-33-20-24-5-3-4-6-29(24)35/h3-10,17-18,21,23,33,35H,11-16,19-20H2,1-2H3/t23-,38+/m1/s1. The number of benzene rings is 3. The molecule has 0 aromatic heterocycles. The van der Waals surface area contributed by atoms with Crippen molar-refractivity contribution in [3.63, 3.8) is 0 Å². The molecule has 1 aliphatic rings. The van der Waals surface area contributed by atoms with E-state index in [1.807, 2.05) is 42.5 Å². The third-order valence-electron chi connectivity index (χ3n) is 7.46. The monoisotopic (exact) mass is 574 g/mol. The van der Waals surface area contributed by atoms with Gasteiger partial charge in [0.15, 0.2) is 0 Å². The topological polar surface area (TPSA) is 61.8 Å². The fourth-order valence-electron chi connectivity index (χ4n) is 5.23. The average Bonchev–Trinajstić information content (AvgIpc) is 2.93. The van der Waals surface area contributed by atoms with Crippen LogP contribution >= 0.6 is 23.2 Å². The second-order valence-electron chi connectivity index (χ2n) is 9.89. The lowest BCUT2D eigenvalue weighted by Crippen LogP contribution is -2.35. The van der Waals surface area contributed by atoms with E-state index in [0.717, 1.165) is 67.2 Å². The molecule has 3 aromatic rings. The number of piperidine rings is 1. The van der Waals surface area contributed by atoms with E-state index in [0.29, 0.717) is 28.3 Å². The molecule has 1 saturated heterocycles. The number of hydrogen-bond acceptors (Lipinski definition) is 5. The molecule has 1 fully saturated rings. The summed E-state index contributed by atoms with van der Waals surface area (Å²) >= 11 is 12.5. The van der Waals surface area contributed by atoms with Crippen molar-refractivity contribution >= 4 is 34.0 Å². The van der Waals surface area contributed by atoms with E-state index in [1.54, 1.807) is 19.4 Å². The Labute approximate surface area is 238 Å². The van der Waals surface area contributed by atoms with Crippen LogP contribution in [-0.2, 0) is 17.3 Å². The van der Waals surface area contributed by atoms with Crippen LogP contribution in [0.15, 0.2) is 65.6 Å². The van der Waals surface area contributed by atoms with Gasteiger partial charge in [0.1, 0.15) is 11.5 Å². The highest BCUT2D eigenvalue weighted by Crippen LogP contribution is 2.34. The number of aromatic hydroxyl groups is 1. The van der Waals surface area contributed by atoms with Crippen LogP contribution < -0.4 is 10.1 Å². The van der Waals surface area contributed by atoms with Gasteiger partial charge >= 0.3 is 0 Å². The van der Waals surface area contributed by atoms with E-state index in [2.05, 4.69) is 22.3 Å². The lowest BCUT2D eigenvalue weighted by Gasteiger charge is -2.34. The molecule has 2 atom stereocenters. The van der Waals surface area contributed by atoms with Gasteiger partial charge in [-0.05, 0) is 92.2 Å². The van der Waals surface area contributed by atoms with Crippen LogP contribution in [0.25, 0.3) is 0 Å². The van der Waals surface area contributed by atoms with Crippen molar-refractivity contribution in [3.8, 4) is 11.5 Å². The highest BCUT2D eigenvalue weighted by Gasteiger charge is 2.25. The third kappa shape index (κ3) is 7.51. The number of methoxy groups -OCH3 is 1. The minimum absolute atomic E-state index is 0.254. The van der Waals surface area contributed by atoms with E-state index in [4.69, 9.17) is 27.9 Å². The van der Waals surface area contributed by atoms with E-state index >= 15 is 0 Å². The molecule has 204 valence electrons. The number of nitrogens with one attached hydrogen (secondary N) is 1. The zero-order valence-electron chi connectivity index (χ0n) is 22.0. The molecule has 0 amide bonds. The molecule has 38 heavy (non-hydrogen) atoms. The summed E-state index contributed by atoms with van der Waals surface area (Å²) in [5.41, 5.74) is 3.23. The van der Waals surface area contributed by atoms with Gasteiger partial charge in [-0.15, -0.1) is 0 Å². The average molecular weight is 576 g/mol. The molecule has 2 N–H and O–H groups in total. The van der Waals surface area contributed by atoms with Crippen LogP contribution in [0.3, 0.4) is 0 Å². The lowest BCUT2D eigenvalue weighted by molar-refractivity contribution is 0.204. The van der Waals surface area contributed by atoms with Crippen molar-refractivity contribution in [1.29, 1.82) is 0 Å². The van der Waals surface area contributed by atoms with Crippen LogP contribution in [0.5, 0.6) is 11.5 Å². The van der Waals surface area contributed by atoms with Crippen molar-refractivity contribution in [2.45, 2.75) is 42.5 Å². The van der Waals surface area contributed by atoms with Gasteiger partial charge in [0.05, 0.1) is 28.0 Å². The number of nitrogens with zero attached hydrogens (tertiary/aromatic N) is 1. The van der Waals surface area contributed by atoms with Crippen LogP contribution in [0.1, 0.15) is 47.8 Å². The zero-order chi connectivity index (χ0) is 27.1. The first-order valence-corrected chi connectivity index (χ1v) is 15.3. The molecule has 1 aliphatic heterocycles. The Morgan fingerprint density at radius 3 is 2.53 bits per heavy atom. The summed E-state index contributed by atoms with van der Waals surface area (Å²) in [5.74, 6) is 1.72. The van der Waals surface area contributed by atoms with Crippen LogP contribution in [0.2, 0.25) is 10.0 Å². The van der Waals surface area contributed by atoms with Crippen molar-refractivity contribution in [2.75, 3.05) is 39.5 Å². The summed E-state index contributed by atoms with van der Waals surface area (Å²) < 4.78 is 17.8. The maximum atomic E-state index is 12.4. The molecule has 0 saturated carbocycles. The fourth-order valence-corrected chi connectivity index (χ4v) is 6.38. The van der Waals surface area contributed by atoms with Crippen LogP contribution in [0.4, 0.5) is 0 Å². The van der Waals surface area contributed by atoms with E-state index < -0.39 is 10.8 Å². The smallest absolute Gasteiger partial charge is 0.120 e. The van der Waals surface area contributed by atoms with Crippen molar-refractivity contribution in [3.05, 3.63) is 87.4 Å². The third-order valence-corrected chi connectivity index (χ3v) is 9.18. The number of phenols is 1. The van der Waals surface area contributed by atoms with Gasteiger partial charge < -0.3 is 20.1 Å². The molecule has 0 unspecified atom stereocenters. The molecule has 1 heterocycles. The van der Waals surface area contributed by atoms with Gasteiger partial charge in [0.25, 0.3) is 0 Å².